The van der Waals surface area contributed by atoms with E-state index in [4.69, 9.17) is 17.3 Å². The van der Waals surface area contributed by atoms with Gasteiger partial charge >= 0.3 is 5.97 Å². The number of carbonyl (C=O) groups is 3. The van der Waals surface area contributed by atoms with E-state index in [-0.39, 0.29) is 23.0 Å². The molecule has 0 aliphatic carbocycles. The number of carboxylic acids is 1. The molecular weight excluding hydrogens is 404 g/mol. The molecule has 8 nitrogen and oxygen atoms in total. The monoisotopic (exact) mass is 418 g/mol. The first-order valence-corrected chi connectivity index (χ1v) is 9.72. The predicted molar refractivity (Wildman–Crippen MR) is 104 cm³/mol. The number of nitrogens with two attached hydrogens (primary N) is 1. The molecule has 1 aromatic carbocycles. The van der Waals surface area contributed by atoms with Gasteiger partial charge in [-0.15, -0.1) is 11.8 Å². The van der Waals surface area contributed by atoms with Crippen LogP contribution in [0, 0.1) is 0 Å². The molecule has 0 bridgehead atoms. The van der Waals surface area contributed by atoms with Crippen molar-refractivity contribution in [3.05, 3.63) is 52.8 Å². The summed E-state index contributed by atoms with van der Waals surface area (Å²) >= 11 is 7.24. The molecule has 1 saturated heterocycles. The molecule has 2 amide bonds. The summed E-state index contributed by atoms with van der Waals surface area (Å²) in [6.45, 7) is -0.304. The summed E-state index contributed by atoms with van der Waals surface area (Å²) in [5, 5.41) is 13.2. The molecule has 144 valence electrons. The second kappa shape index (κ2) is 6.77. The molecule has 10 heteroatoms. The molecule has 2 aromatic rings. The summed E-state index contributed by atoms with van der Waals surface area (Å²) in [5.41, 5.74) is 6.24. The fraction of sp³-hybridized carbons (Fsp3) is 0.222. The molecule has 28 heavy (non-hydrogen) atoms. The molecule has 2 atom stereocenters. The minimum atomic E-state index is -1.34. The number of hydrogen-bond acceptors (Lipinski definition) is 6. The van der Waals surface area contributed by atoms with Gasteiger partial charge in [-0.1, -0.05) is 35.9 Å². The van der Waals surface area contributed by atoms with Crippen molar-refractivity contribution in [2.45, 2.75) is 10.9 Å². The third-order valence-corrected chi connectivity index (χ3v) is 6.58. The number of halogens is 1. The van der Waals surface area contributed by atoms with Gasteiger partial charge in [0.15, 0.2) is 4.99 Å². The average Bonchev–Trinajstić information content (AvgIpc) is 2.68. The molecule has 4 N–H and O–H groups in total. The van der Waals surface area contributed by atoms with Crippen molar-refractivity contribution < 1.29 is 19.5 Å². The van der Waals surface area contributed by atoms with E-state index in [9.17, 15) is 19.5 Å². The lowest BCUT2D eigenvalue weighted by atomic mass is 9.87. The maximum Gasteiger partial charge on any atom is 0.353 e. The Bertz CT molecular complexity index is 1060. The lowest BCUT2D eigenvalue weighted by Gasteiger charge is -2.58. The standard InChI is InChI=1S/C18H15ClN4O4S/c19-10-8-28-18(22-13(24)7-20)14(16(25)23(18)15(10)17(26)27)12-6-5-9-3-1-2-4-11(9)21-12/h1-6,14H,7-8,20H2,(H,22,24)(H,26,27). The van der Waals surface area contributed by atoms with Gasteiger partial charge in [0.05, 0.1) is 22.8 Å². The normalized spacial score (nSPS) is 24.0. The molecule has 0 spiro atoms. The van der Waals surface area contributed by atoms with E-state index in [2.05, 4.69) is 10.3 Å². The average molecular weight is 419 g/mol. The number of benzene rings is 1. The number of para-hydroxylation sites is 1. The maximum atomic E-state index is 13.0. The first kappa shape index (κ1) is 18.7. The van der Waals surface area contributed by atoms with Crippen LogP contribution < -0.4 is 11.1 Å². The number of fused-ring (bicyclic) bond motifs is 2. The first-order valence-electron chi connectivity index (χ1n) is 8.36. The van der Waals surface area contributed by atoms with Crippen LogP contribution in [0.5, 0.6) is 0 Å². The number of thioether (sulfide) groups is 1. The van der Waals surface area contributed by atoms with E-state index in [0.29, 0.717) is 11.2 Å². The molecule has 3 heterocycles. The molecule has 1 aromatic heterocycles. The Balaban J connectivity index is 1.84. The summed E-state index contributed by atoms with van der Waals surface area (Å²) in [5.74, 6) is -3.09. The summed E-state index contributed by atoms with van der Waals surface area (Å²) in [6, 6.07) is 11.0. The Labute approximate surface area is 168 Å². The molecule has 2 aliphatic rings. The highest BCUT2D eigenvalue weighted by Gasteiger charge is 2.67. The number of β-lactam (4-membered cyclic amide) rings is 1. The van der Waals surface area contributed by atoms with Crippen LogP contribution in [-0.4, -0.2) is 50.1 Å². The van der Waals surface area contributed by atoms with Crippen LogP contribution >= 0.6 is 23.4 Å². The second-order valence-corrected chi connectivity index (χ2v) is 7.99. The highest BCUT2D eigenvalue weighted by atomic mass is 35.5. The van der Waals surface area contributed by atoms with Gasteiger partial charge in [-0.25, -0.2) is 4.79 Å². The van der Waals surface area contributed by atoms with Gasteiger partial charge in [-0.2, -0.15) is 0 Å². The van der Waals surface area contributed by atoms with Crippen LogP contribution in [0.1, 0.15) is 11.6 Å². The lowest BCUT2D eigenvalue weighted by Crippen LogP contribution is -2.76. The number of hydrogen-bond donors (Lipinski definition) is 3. The van der Waals surface area contributed by atoms with E-state index in [1.165, 1.54) is 11.8 Å². The molecule has 0 saturated carbocycles. The van der Waals surface area contributed by atoms with E-state index in [1.54, 1.807) is 6.07 Å². The molecular formula is C18H15ClN4O4S. The number of pyridine rings is 1. The minimum Gasteiger partial charge on any atom is -0.477 e. The van der Waals surface area contributed by atoms with Gasteiger partial charge in [0.1, 0.15) is 11.6 Å². The number of aliphatic carboxylic acids is 1. The zero-order valence-corrected chi connectivity index (χ0v) is 16.0. The Morgan fingerprint density at radius 2 is 2.11 bits per heavy atom. The zero-order chi connectivity index (χ0) is 20.1. The SMILES string of the molecule is NCC(=O)NC12SCC(Cl)=C(C(=O)O)N1C(=O)C2c1ccc2ccccc2n1. The van der Waals surface area contributed by atoms with Crippen molar-refractivity contribution in [2.24, 2.45) is 5.73 Å². The molecule has 1 fully saturated rings. The third kappa shape index (κ3) is 2.66. The predicted octanol–water partition coefficient (Wildman–Crippen LogP) is 1.17. The van der Waals surface area contributed by atoms with Gasteiger partial charge in [0.2, 0.25) is 11.8 Å². The molecule has 2 unspecified atom stereocenters. The van der Waals surface area contributed by atoms with E-state index in [1.807, 2.05) is 30.3 Å². The fourth-order valence-electron chi connectivity index (χ4n) is 3.51. The Hall–Kier alpha value is -2.62. The van der Waals surface area contributed by atoms with E-state index >= 15 is 0 Å². The number of rotatable bonds is 4. The van der Waals surface area contributed by atoms with Gasteiger partial charge in [-0.3, -0.25) is 19.5 Å². The zero-order valence-electron chi connectivity index (χ0n) is 14.4. The fourth-order valence-corrected chi connectivity index (χ4v) is 5.20. The van der Waals surface area contributed by atoms with E-state index < -0.39 is 28.7 Å². The topological polar surface area (TPSA) is 126 Å². The van der Waals surface area contributed by atoms with Crippen LogP contribution in [0.15, 0.2) is 47.1 Å². The second-order valence-electron chi connectivity index (χ2n) is 6.33. The number of nitrogens with zero attached hydrogens (tertiary/aromatic N) is 2. The summed E-state index contributed by atoms with van der Waals surface area (Å²) < 4.78 is 0. The number of nitrogens with one attached hydrogen (secondary N) is 1. The van der Waals surface area contributed by atoms with Crippen molar-refractivity contribution in [3.63, 3.8) is 0 Å². The van der Waals surface area contributed by atoms with Crippen molar-refractivity contribution in [1.82, 2.24) is 15.2 Å². The van der Waals surface area contributed by atoms with Gasteiger partial charge in [-0.05, 0) is 12.1 Å². The number of amides is 2. The molecule has 2 aliphatic heterocycles. The Morgan fingerprint density at radius 3 is 2.82 bits per heavy atom. The highest BCUT2D eigenvalue weighted by molar-refractivity contribution is 8.01. The summed E-state index contributed by atoms with van der Waals surface area (Å²) in [4.78, 5) is 41.1. The van der Waals surface area contributed by atoms with E-state index in [0.717, 1.165) is 10.3 Å². The van der Waals surface area contributed by atoms with Gasteiger partial charge in [0, 0.05) is 11.1 Å². The third-order valence-electron chi connectivity index (χ3n) is 4.71. The van der Waals surface area contributed by atoms with Gasteiger partial charge < -0.3 is 16.2 Å². The van der Waals surface area contributed by atoms with Crippen molar-refractivity contribution in [3.8, 4) is 0 Å². The van der Waals surface area contributed by atoms with Gasteiger partial charge in [0.25, 0.3) is 0 Å². The lowest BCUT2D eigenvalue weighted by molar-refractivity contribution is -0.158. The van der Waals surface area contributed by atoms with Crippen LogP contribution in [0.2, 0.25) is 0 Å². The van der Waals surface area contributed by atoms with Crippen LogP contribution in [0.3, 0.4) is 0 Å². The summed E-state index contributed by atoms with van der Waals surface area (Å²) in [6.07, 6.45) is 0. The Kier molecular flexibility index (Phi) is 4.53. The quantitative estimate of drug-likeness (QED) is 0.636. The first-order chi connectivity index (χ1) is 13.4. The number of carbonyl (C=O) groups excluding carboxylic acids is 2. The number of carboxylic acid groups (broad SMARTS) is 1. The number of aromatic nitrogens is 1. The Morgan fingerprint density at radius 1 is 1.36 bits per heavy atom. The minimum absolute atomic E-state index is 0.0355. The van der Waals surface area contributed by atoms with Crippen LogP contribution in [0.4, 0.5) is 0 Å². The highest BCUT2D eigenvalue weighted by Crippen LogP contribution is 2.55. The van der Waals surface area contributed by atoms with Crippen molar-refractivity contribution in [1.29, 1.82) is 0 Å². The van der Waals surface area contributed by atoms with Crippen molar-refractivity contribution in [2.75, 3.05) is 12.3 Å². The summed E-state index contributed by atoms with van der Waals surface area (Å²) in [7, 11) is 0. The molecule has 4 rings (SSSR count). The molecule has 0 radical (unpaired) electrons. The van der Waals surface area contributed by atoms with Crippen LogP contribution in [-0.2, 0) is 14.4 Å². The van der Waals surface area contributed by atoms with Crippen LogP contribution in [0.25, 0.3) is 10.9 Å². The largest absolute Gasteiger partial charge is 0.477 e. The smallest absolute Gasteiger partial charge is 0.353 e. The maximum absolute atomic E-state index is 13.0. The van der Waals surface area contributed by atoms with Crippen molar-refractivity contribution >= 4 is 52.0 Å².